The highest BCUT2D eigenvalue weighted by atomic mass is 79.9. The first-order valence-electron chi connectivity index (χ1n) is 7.86. The molecule has 1 aliphatic rings. The zero-order valence-electron chi connectivity index (χ0n) is 13.9. The Morgan fingerprint density at radius 1 is 1.04 bits per heavy atom. The molecule has 0 unspecified atom stereocenters. The Labute approximate surface area is 154 Å². The molecule has 2 aromatic rings. The molecule has 0 saturated heterocycles. The summed E-state index contributed by atoms with van der Waals surface area (Å²) in [5, 5.41) is 8.40. The fourth-order valence-corrected chi connectivity index (χ4v) is 3.00. The molecular formula is C19H18BrN3O2. The Morgan fingerprint density at radius 3 is 2.32 bits per heavy atom. The molecule has 6 heteroatoms. The number of urea groups is 1. The molecule has 1 atom stereocenters. The predicted octanol–water partition coefficient (Wildman–Crippen LogP) is 4.02. The van der Waals surface area contributed by atoms with Gasteiger partial charge < -0.3 is 16.0 Å². The lowest BCUT2D eigenvalue weighted by atomic mass is 9.94. The maximum Gasteiger partial charge on any atom is 0.319 e. The molecular weight excluding hydrogens is 382 g/mol. The first-order valence-corrected chi connectivity index (χ1v) is 8.65. The van der Waals surface area contributed by atoms with Crippen LogP contribution in [0.3, 0.4) is 0 Å². The zero-order chi connectivity index (χ0) is 18.0. The largest absolute Gasteiger partial charge is 0.327 e. The summed E-state index contributed by atoms with van der Waals surface area (Å²) in [6.07, 6.45) is 0. The van der Waals surface area contributed by atoms with Gasteiger partial charge in [-0.25, -0.2) is 4.79 Å². The van der Waals surface area contributed by atoms with Crippen molar-refractivity contribution in [2.75, 3.05) is 5.32 Å². The number of aryl methyl sites for hydroxylation is 1. The van der Waals surface area contributed by atoms with Crippen LogP contribution in [-0.4, -0.2) is 11.9 Å². The van der Waals surface area contributed by atoms with Crippen LogP contribution in [0.15, 0.2) is 64.3 Å². The summed E-state index contributed by atoms with van der Waals surface area (Å²) >= 11 is 3.37. The second kappa shape index (κ2) is 7.11. The van der Waals surface area contributed by atoms with Crippen molar-refractivity contribution in [3.05, 3.63) is 75.4 Å². The maximum absolute atomic E-state index is 12.8. The first kappa shape index (κ1) is 17.2. The van der Waals surface area contributed by atoms with Gasteiger partial charge >= 0.3 is 6.03 Å². The van der Waals surface area contributed by atoms with Crippen molar-refractivity contribution in [1.82, 2.24) is 10.6 Å². The average Bonchev–Trinajstić information content (AvgIpc) is 2.57. The molecule has 5 nitrogen and oxygen atoms in total. The third-order valence-electron chi connectivity index (χ3n) is 4.03. The van der Waals surface area contributed by atoms with E-state index in [0.29, 0.717) is 17.0 Å². The van der Waals surface area contributed by atoms with Gasteiger partial charge in [-0.3, -0.25) is 4.79 Å². The van der Waals surface area contributed by atoms with Crippen LogP contribution in [0.2, 0.25) is 0 Å². The van der Waals surface area contributed by atoms with Gasteiger partial charge in [0.15, 0.2) is 0 Å². The summed E-state index contributed by atoms with van der Waals surface area (Å²) in [5.41, 5.74) is 3.70. The Hall–Kier alpha value is -2.60. The topological polar surface area (TPSA) is 70.2 Å². The molecule has 0 spiro atoms. The fourth-order valence-electron chi connectivity index (χ4n) is 2.74. The van der Waals surface area contributed by atoms with E-state index in [1.807, 2.05) is 55.5 Å². The minimum absolute atomic E-state index is 0.252. The number of hydrogen-bond donors (Lipinski definition) is 3. The van der Waals surface area contributed by atoms with Gasteiger partial charge in [-0.1, -0.05) is 45.8 Å². The van der Waals surface area contributed by atoms with Gasteiger partial charge in [0.2, 0.25) is 0 Å². The van der Waals surface area contributed by atoms with E-state index in [2.05, 4.69) is 31.9 Å². The molecule has 1 aliphatic heterocycles. The molecule has 0 radical (unpaired) electrons. The zero-order valence-corrected chi connectivity index (χ0v) is 15.5. The molecule has 0 aromatic heterocycles. The molecule has 3 amide bonds. The van der Waals surface area contributed by atoms with Gasteiger partial charge in [-0.05, 0) is 43.7 Å². The normalized spacial score (nSPS) is 16.9. The van der Waals surface area contributed by atoms with Gasteiger partial charge in [-0.2, -0.15) is 0 Å². The van der Waals surface area contributed by atoms with Crippen LogP contribution in [0.4, 0.5) is 10.5 Å². The monoisotopic (exact) mass is 399 g/mol. The van der Waals surface area contributed by atoms with E-state index in [4.69, 9.17) is 0 Å². The van der Waals surface area contributed by atoms with Gasteiger partial charge in [0.25, 0.3) is 5.91 Å². The van der Waals surface area contributed by atoms with E-state index in [9.17, 15) is 9.59 Å². The minimum Gasteiger partial charge on any atom is -0.327 e. The van der Waals surface area contributed by atoms with Crippen molar-refractivity contribution in [2.45, 2.75) is 19.9 Å². The summed E-state index contributed by atoms with van der Waals surface area (Å²) in [6, 6.07) is 14.3. The van der Waals surface area contributed by atoms with Crippen LogP contribution in [0.1, 0.15) is 24.1 Å². The van der Waals surface area contributed by atoms with Crippen molar-refractivity contribution in [3.63, 3.8) is 0 Å². The Bertz CT molecular complexity index is 842. The van der Waals surface area contributed by atoms with Crippen LogP contribution < -0.4 is 16.0 Å². The molecule has 3 rings (SSSR count). The Morgan fingerprint density at radius 2 is 1.68 bits per heavy atom. The molecule has 0 bridgehead atoms. The number of carbonyl (C=O) groups is 2. The third-order valence-corrected chi connectivity index (χ3v) is 4.56. The van der Waals surface area contributed by atoms with Crippen LogP contribution in [-0.2, 0) is 4.79 Å². The van der Waals surface area contributed by atoms with Crippen molar-refractivity contribution in [1.29, 1.82) is 0 Å². The van der Waals surface area contributed by atoms with Gasteiger partial charge in [0, 0.05) is 15.9 Å². The minimum atomic E-state index is -0.496. The Kier molecular flexibility index (Phi) is 4.90. The first-order chi connectivity index (χ1) is 11.9. The molecule has 3 N–H and O–H groups in total. The number of halogens is 1. The summed E-state index contributed by atoms with van der Waals surface area (Å²) < 4.78 is 0.935. The second-order valence-electron chi connectivity index (χ2n) is 5.94. The molecule has 0 fully saturated rings. The molecule has 128 valence electrons. The van der Waals surface area contributed by atoms with E-state index >= 15 is 0 Å². The summed E-state index contributed by atoms with van der Waals surface area (Å²) in [6.45, 7) is 3.73. The van der Waals surface area contributed by atoms with Gasteiger partial charge in [0.05, 0.1) is 11.6 Å². The smallest absolute Gasteiger partial charge is 0.319 e. The lowest BCUT2D eigenvalue weighted by Crippen LogP contribution is -2.45. The van der Waals surface area contributed by atoms with E-state index in [0.717, 1.165) is 15.6 Å². The Balaban J connectivity index is 1.92. The van der Waals surface area contributed by atoms with Crippen LogP contribution in [0, 0.1) is 6.92 Å². The summed E-state index contributed by atoms with van der Waals surface area (Å²) in [4.78, 5) is 24.7. The number of allylic oxidation sites excluding steroid dienone is 1. The molecule has 0 saturated carbocycles. The number of carbonyl (C=O) groups excluding carboxylic acids is 2. The number of hydrogen-bond acceptors (Lipinski definition) is 2. The summed E-state index contributed by atoms with van der Waals surface area (Å²) in [5.74, 6) is -0.252. The SMILES string of the molecule is CC1=C(C(=O)Nc2ccc(Br)cc2)[C@@H](c2ccc(C)cc2)NC(=O)N1. The maximum atomic E-state index is 12.8. The number of rotatable bonds is 3. The van der Waals surface area contributed by atoms with E-state index < -0.39 is 6.04 Å². The highest BCUT2D eigenvalue weighted by molar-refractivity contribution is 9.10. The summed E-state index contributed by atoms with van der Waals surface area (Å²) in [7, 11) is 0. The van der Waals surface area contributed by atoms with Crippen molar-refractivity contribution in [2.24, 2.45) is 0 Å². The lowest BCUT2D eigenvalue weighted by molar-refractivity contribution is -0.113. The fraction of sp³-hybridized carbons (Fsp3) is 0.158. The van der Waals surface area contributed by atoms with Crippen molar-refractivity contribution >= 4 is 33.6 Å². The van der Waals surface area contributed by atoms with Crippen LogP contribution in [0.5, 0.6) is 0 Å². The van der Waals surface area contributed by atoms with E-state index in [1.54, 1.807) is 6.92 Å². The number of nitrogens with one attached hydrogen (secondary N) is 3. The van der Waals surface area contributed by atoms with Crippen LogP contribution in [0.25, 0.3) is 0 Å². The molecule has 25 heavy (non-hydrogen) atoms. The molecule has 0 aliphatic carbocycles. The van der Waals surface area contributed by atoms with E-state index in [1.165, 1.54) is 0 Å². The quantitative estimate of drug-likeness (QED) is 0.728. The van der Waals surface area contributed by atoms with Gasteiger partial charge in [0.1, 0.15) is 0 Å². The molecule has 1 heterocycles. The molecule has 2 aromatic carbocycles. The number of amides is 3. The van der Waals surface area contributed by atoms with Crippen LogP contribution >= 0.6 is 15.9 Å². The number of anilines is 1. The number of benzene rings is 2. The van der Waals surface area contributed by atoms with Crippen molar-refractivity contribution in [3.8, 4) is 0 Å². The highest BCUT2D eigenvalue weighted by Crippen LogP contribution is 2.28. The lowest BCUT2D eigenvalue weighted by Gasteiger charge is -2.28. The second-order valence-corrected chi connectivity index (χ2v) is 6.86. The van der Waals surface area contributed by atoms with Crippen molar-refractivity contribution < 1.29 is 9.59 Å². The van der Waals surface area contributed by atoms with Gasteiger partial charge in [-0.15, -0.1) is 0 Å². The van der Waals surface area contributed by atoms with E-state index in [-0.39, 0.29) is 11.9 Å². The standard InChI is InChI=1S/C19H18BrN3O2/c1-11-3-5-13(6-4-11)17-16(12(2)21-19(25)23-17)18(24)22-15-9-7-14(20)8-10-15/h3-10,17H,1-2H3,(H,22,24)(H2,21,23,25)/t17-/m1/s1. The average molecular weight is 400 g/mol. The predicted molar refractivity (Wildman–Crippen MR) is 101 cm³/mol. The highest BCUT2D eigenvalue weighted by Gasteiger charge is 2.31. The third kappa shape index (κ3) is 3.91.